The number of benzene rings is 1. The van der Waals surface area contributed by atoms with Gasteiger partial charge in [0, 0.05) is 42.7 Å². The Kier molecular flexibility index (Phi) is 4.01. The Morgan fingerprint density at radius 1 is 1.38 bits per heavy atom. The Balaban J connectivity index is 2.06. The lowest BCUT2D eigenvalue weighted by Crippen LogP contribution is -2.44. The van der Waals surface area contributed by atoms with Crippen LogP contribution in [0.1, 0.15) is 17.3 Å². The van der Waals surface area contributed by atoms with Crippen molar-refractivity contribution in [3.8, 4) is 0 Å². The van der Waals surface area contributed by atoms with E-state index < -0.39 is 0 Å². The Bertz CT molecular complexity index is 674. The summed E-state index contributed by atoms with van der Waals surface area (Å²) < 4.78 is 0. The molecule has 1 saturated heterocycles. The van der Waals surface area contributed by atoms with Crippen molar-refractivity contribution in [1.29, 1.82) is 0 Å². The van der Waals surface area contributed by atoms with Gasteiger partial charge in [-0.1, -0.05) is 24.3 Å². The summed E-state index contributed by atoms with van der Waals surface area (Å²) in [5, 5.41) is 5.04. The van der Waals surface area contributed by atoms with Crippen LogP contribution in [0.5, 0.6) is 0 Å². The van der Waals surface area contributed by atoms with Crippen LogP contribution < -0.4 is 5.32 Å². The molecule has 1 aliphatic rings. The van der Waals surface area contributed by atoms with Gasteiger partial charge in [0.25, 0.3) is 5.91 Å². The van der Waals surface area contributed by atoms with Gasteiger partial charge in [0.15, 0.2) is 0 Å². The van der Waals surface area contributed by atoms with Gasteiger partial charge in [-0.3, -0.25) is 4.79 Å². The molecule has 21 heavy (non-hydrogen) atoms. The molecule has 0 saturated carbocycles. The summed E-state index contributed by atoms with van der Waals surface area (Å²) in [5.74, 6) is 2.92. The van der Waals surface area contributed by atoms with E-state index in [0.29, 0.717) is 5.56 Å². The maximum atomic E-state index is 12.9. The molecule has 0 radical (unpaired) electrons. The SMILES string of the molecule is CNc1ncc(C(=O)N2CCSCC2C)c2ccccc12. The van der Waals surface area contributed by atoms with Crippen LogP contribution >= 0.6 is 11.8 Å². The summed E-state index contributed by atoms with van der Waals surface area (Å²) in [4.78, 5) is 19.3. The molecule has 1 unspecified atom stereocenters. The smallest absolute Gasteiger partial charge is 0.256 e. The minimum absolute atomic E-state index is 0.0918. The zero-order valence-corrected chi connectivity index (χ0v) is 13.1. The van der Waals surface area contributed by atoms with Crippen LogP contribution in [0.4, 0.5) is 5.82 Å². The molecule has 110 valence electrons. The van der Waals surface area contributed by atoms with Crippen LogP contribution in [0.15, 0.2) is 30.5 Å². The summed E-state index contributed by atoms with van der Waals surface area (Å²) in [6, 6.07) is 8.21. The molecular weight excluding hydrogens is 282 g/mol. The summed E-state index contributed by atoms with van der Waals surface area (Å²) in [6.45, 7) is 2.93. The third-order valence-corrected chi connectivity index (χ3v) is 5.08. The zero-order valence-electron chi connectivity index (χ0n) is 12.3. The van der Waals surface area contributed by atoms with E-state index in [1.54, 1.807) is 6.20 Å². The number of amides is 1. The quantitative estimate of drug-likeness (QED) is 0.926. The number of carbonyl (C=O) groups excluding carboxylic acids is 1. The third-order valence-electron chi connectivity index (χ3n) is 3.89. The Hall–Kier alpha value is -1.75. The number of nitrogens with one attached hydrogen (secondary N) is 1. The number of thioether (sulfide) groups is 1. The molecule has 1 atom stereocenters. The highest BCUT2D eigenvalue weighted by atomic mass is 32.2. The van der Waals surface area contributed by atoms with E-state index in [1.807, 2.05) is 48.0 Å². The number of carbonyl (C=O) groups is 1. The predicted molar refractivity (Wildman–Crippen MR) is 89.1 cm³/mol. The molecule has 1 aromatic carbocycles. The van der Waals surface area contributed by atoms with Gasteiger partial charge in [-0.2, -0.15) is 11.8 Å². The fraction of sp³-hybridized carbons (Fsp3) is 0.375. The average molecular weight is 301 g/mol. The van der Waals surface area contributed by atoms with Crippen molar-refractivity contribution >= 4 is 34.3 Å². The second-order valence-corrected chi connectivity index (χ2v) is 6.39. The number of hydrogen-bond donors (Lipinski definition) is 1. The molecule has 0 aliphatic carbocycles. The number of nitrogens with zero attached hydrogens (tertiary/aromatic N) is 2. The van der Waals surface area contributed by atoms with E-state index in [2.05, 4.69) is 17.2 Å². The van der Waals surface area contributed by atoms with Crippen LogP contribution in [0, 0.1) is 0 Å². The minimum atomic E-state index is 0.0918. The van der Waals surface area contributed by atoms with Crippen LogP contribution in [0.3, 0.4) is 0 Å². The minimum Gasteiger partial charge on any atom is -0.373 e. The molecule has 1 amide bonds. The van der Waals surface area contributed by atoms with Crippen molar-refractivity contribution in [2.45, 2.75) is 13.0 Å². The maximum Gasteiger partial charge on any atom is 0.256 e. The molecule has 2 heterocycles. The van der Waals surface area contributed by atoms with Gasteiger partial charge >= 0.3 is 0 Å². The van der Waals surface area contributed by atoms with Gasteiger partial charge in [-0.05, 0) is 12.3 Å². The van der Waals surface area contributed by atoms with Crippen molar-refractivity contribution in [3.05, 3.63) is 36.0 Å². The zero-order chi connectivity index (χ0) is 14.8. The fourth-order valence-corrected chi connectivity index (χ4v) is 3.76. The summed E-state index contributed by atoms with van der Waals surface area (Å²) in [7, 11) is 1.85. The maximum absolute atomic E-state index is 12.9. The monoisotopic (exact) mass is 301 g/mol. The van der Waals surface area contributed by atoms with E-state index in [-0.39, 0.29) is 11.9 Å². The fourth-order valence-electron chi connectivity index (χ4n) is 2.75. The summed E-state index contributed by atoms with van der Waals surface area (Å²) in [5.41, 5.74) is 0.698. The van der Waals surface area contributed by atoms with E-state index in [0.717, 1.165) is 34.6 Å². The predicted octanol–water partition coefficient (Wildman–Crippen LogP) is 2.85. The number of rotatable bonds is 2. The molecule has 4 nitrogen and oxygen atoms in total. The number of pyridine rings is 1. The second-order valence-electron chi connectivity index (χ2n) is 5.24. The van der Waals surface area contributed by atoms with Crippen LogP contribution in [0.25, 0.3) is 10.8 Å². The standard InChI is InChI=1S/C16H19N3OS/c1-11-10-21-8-7-19(11)16(20)14-9-18-15(17-2)13-6-4-3-5-12(13)14/h3-6,9,11H,7-8,10H2,1-2H3,(H,17,18). The van der Waals surface area contributed by atoms with Crippen molar-refractivity contribution in [2.75, 3.05) is 30.4 Å². The number of aromatic nitrogens is 1. The first-order chi connectivity index (χ1) is 10.2. The third kappa shape index (κ3) is 2.58. The molecular formula is C16H19N3OS. The van der Waals surface area contributed by atoms with E-state index in [1.165, 1.54) is 0 Å². The molecule has 0 spiro atoms. The van der Waals surface area contributed by atoms with Gasteiger partial charge in [-0.25, -0.2) is 4.98 Å². The van der Waals surface area contributed by atoms with Crippen molar-refractivity contribution in [1.82, 2.24) is 9.88 Å². The first-order valence-electron chi connectivity index (χ1n) is 7.16. The lowest BCUT2D eigenvalue weighted by molar-refractivity contribution is 0.0717. The summed E-state index contributed by atoms with van der Waals surface area (Å²) >= 11 is 1.91. The topological polar surface area (TPSA) is 45.2 Å². The molecule has 1 aliphatic heterocycles. The number of anilines is 1. The second kappa shape index (κ2) is 5.93. The average Bonchev–Trinajstić information content (AvgIpc) is 2.53. The van der Waals surface area contributed by atoms with Gasteiger partial charge in [0.2, 0.25) is 0 Å². The normalized spacial score (nSPS) is 18.8. The first kappa shape index (κ1) is 14.2. The lowest BCUT2D eigenvalue weighted by atomic mass is 10.1. The molecule has 5 heteroatoms. The van der Waals surface area contributed by atoms with E-state index in [9.17, 15) is 4.79 Å². The number of hydrogen-bond acceptors (Lipinski definition) is 4. The number of fused-ring (bicyclic) bond motifs is 1. The van der Waals surface area contributed by atoms with E-state index >= 15 is 0 Å². The van der Waals surface area contributed by atoms with Gasteiger partial charge in [-0.15, -0.1) is 0 Å². The molecule has 3 rings (SSSR count). The molecule has 0 bridgehead atoms. The van der Waals surface area contributed by atoms with Crippen LogP contribution in [-0.2, 0) is 0 Å². The van der Waals surface area contributed by atoms with Gasteiger partial charge in [0.1, 0.15) is 5.82 Å². The molecule has 2 aromatic rings. The summed E-state index contributed by atoms with van der Waals surface area (Å²) in [6.07, 6.45) is 1.70. The molecule has 1 fully saturated rings. The van der Waals surface area contributed by atoms with Crippen molar-refractivity contribution in [2.24, 2.45) is 0 Å². The molecule has 1 N–H and O–H groups in total. The van der Waals surface area contributed by atoms with E-state index in [4.69, 9.17) is 0 Å². The largest absolute Gasteiger partial charge is 0.373 e. The highest BCUT2D eigenvalue weighted by molar-refractivity contribution is 7.99. The Labute approximate surface area is 128 Å². The van der Waals surface area contributed by atoms with Gasteiger partial charge < -0.3 is 10.2 Å². The van der Waals surface area contributed by atoms with Gasteiger partial charge in [0.05, 0.1) is 5.56 Å². The lowest BCUT2D eigenvalue weighted by Gasteiger charge is -2.33. The van der Waals surface area contributed by atoms with Crippen molar-refractivity contribution < 1.29 is 4.79 Å². The Morgan fingerprint density at radius 3 is 2.86 bits per heavy atom. The Morgan fingerprint density at radius 2 is 2.14 bits per heavy atom. The molecule has 1 aromatic heterocycles. The highest BCUT2D eigenvalue weighted by Crippen LogP contribution is 2.26. The van der Waals surface area contributed by atoms with Crippen molar-refractivity contribution in [3.63, 3.8) is 0 Å². The van der Waals surface area contributed by atoms with Crippen LogP contribution in [0.2, 0.25) is 0 Å². The first-order valence-corrected chi connectivity index (χ1v) is 8.32. The highest BCUT2D eigenvalue weighted by Gasteiger charge is 2.26. The van der Waals surface area contributed by atoms with Crippen LogP contribution in [-0.4, -0.2) is 46.9 Å².